The predicted molar refractivity (Wildman–Crippen MR) is 252 cm³/mol. The third kappa shape index (κ3) is 45.0. The monoisotopic (exact) mass is 863 g/mol. The molecule has 2 atom stereocenters. The van der Waals surface area contributed by atoms with Crippen molar-refractivity contribution in [2.24, 2.45) is 0 Å². The summed E-state index contributed by atoms with van der Waals surface area (Å²) in [7, 11) is 1.43. The molecule has 10 heteroatoms. The van der Waals surface area contributed by atoms with E-state index in [1.807, 2.05) is 27.2 Å². The normalized spacial score (nSPS) is 14.2. The van der Waals surface area contributed by atoms with Crippen molar-refractivity contribution in [3.05, 3.63) is 72.9 Å². The molecule has 2 unspecified atom stereocenters. The Morgan fingerprint density at radius 1 is 0.533 bits per heavy atom. The Morgan fingerprint density at radius 2 is 0.967 bits per heavy atom. The molecule has 60 heavy (non-hydrogen) atoms. The number of quaternary nitrogens is 1. The lowest BCUT2D eigenvalue weighted by Crippen LogP contribution is -2.37. The first kappa shape index (κ1) is 57.4. The van der Waals surface area contributed by atoms with Gasteiger partial charge in [0.25, 0.3) is 0 Å². The standard InChI is InChI=1S/C50H88NO8P/c1-6-8-10-12-14-16-18-20-22-24-25-27-28-30-32-34-36-38-40-42-49(52)56-46-48(47-58-60(54,55)57-45-44-51(3,4)5)59-50(53)43-41-39-37-35-33-31-29-26-23-21-19-17-15-13-11-9-7-2/h9,11,15,17,20-23,29,31,35,37,48H,6-8,10,12-14,16,18-19,24-28,30,32-34,36,38-47H2,1-5H3/p+1/b11-9-,17-15-,22-20-,23-21-,31-29-,37-35-. The summed E-state index contributed by atoms with van der Waals surface area (Å²) in [5.74, 6) is -0.872. The smallest absolute Gasteiger partial charge is 0.462 e. The van der Waals surface area contributed by atoms with Gasteiger partial charge in [-0.2, -0.15) is 0 Å². The summed E-state index contributed by atoms with van der Waals surface area (Å²) in [5.41, 5.74) is 0. The molecule has 0 rings (SSSR count). The molecule has 0 aliphatic heterocycles. The van der Waals surface area contributed by atoms with Crippen LogP contribution in [0.1, 0.15) is 181 Å². The molecular formula is C50H89NO8P+. The third-order valence-electron chi connectivity index (χ3n) is 9.72. The Labute approximate surface area is 368 Å². The molecule has 0 saturated carbocycles. The molecule has 0 aliphatic carbocycles. The van der Waals surface area contributed by atoms with Crippen molar-refractivity contribution in [3.8, 4) is 0 Å². The predicted octanol–water partition coefficient (Wildman–Crippen LogP) is 13.8. The zero-order chi connectivity index (χ0) is 44.3. The van der Waals surface area contributed by atoms with E-state index in [2.05, 4.69) is 80.7 Å². The van der Waals surface area contributed by atoms with Gasteiger partial charge in [-0.3, -0.25) is 18.6 Å². The molecule has 9 nitrogen and oxygen atoms in total. The SMILES string of the molecule is CC/C=C\C/C=C\C/C=C\C/C=C\C/C=C\CCCC(=O)OC(COC(=O)CCCCCCCCCCC/C=C\CCCCCCCC)COP(=O)(O)OCC[N+](C)(C)C. The second-order valence-corrected chi connectivity index (χ2v) is 18.2. The molecule has 0 aromatic carbocycles. The highest BCUT2D eigenvalue weighted by Gasteiger charge is 2.27. The Balaban J connectivity index is 4.40. The van der Waals surface area contributed by atoms with Gasteiger partial charge >= 0.3 is 19.8 Å². The van der Waals surface area contributed by atoms with E-state index in [0.717, 1.165) is 51.4 Å². The van der Waals surface area contributed by atoms with Gasteiger partial charge in [0.2, 0.25) is 0 Å². The number of phosphoric ester groups is 1. The largest absolute Gasteiger partial charge is 0.472 e. The lowest BCUT2D eigenvalue weighted by atomic mass is 10.1. The number of unbranched alkanes of at least 4 members (excludes halogenated alkanes) is 16. The maximum absolute atomic E-state index is 12.7. The van der Waals surface area contributed by atoms with E-state index < -0.39 is 26.5 Å². The van der Waals surface area contributed by atoms with Crippen LogP contribution in [0.4, 0.5) is 0 Å². The molecule has 0 aromatic rings. The summed E-state index contributed by atoms with van der Waals surface area (Å²) in [6.45, 7) is 4.23. The van der Waals surface area contributed by atoms with Crippen LogP contribution < -0.4 is 0 Å². The lowest BCUT2D eigenvalue weighted by molar-refractivity contribution is -0.870. The number of hydrogen-bond acceptors (Lipinski definition) is 7. The first-order chi connectivity index (χ1) is 29.0. The van der Waals surface area contributed by atoms with E-state index in [9.17, 15) is 19.0 Å². The summed E-state index contributed by atoms with van der Waals surface area (Å²) < 4.78 is 34.3. The van der Waals surface area contributed by atoms with E-state index in [4.69, 9.17) is 18.5 Å². The van der Waals surface area contributed by atoms with Gasteiger partial charge in [-0.05, 0) is 77.0 Å². The first-order valence-electron chi connectivity index (χ1n) is 23.7. The Bertz CT molecular complexity index is 1250. The highest BCUT2D eigenvalue weighted by molar-refractivity contribution is 7.47. The van der Waals surface area contributed by atoms with Gasteiger partial charge < -0.3 is 18.9 Å². The topological polar surface area (TPSA) is 108 Å². The quantitative estimate of drug-likeness (QED) is 0.0212. The molecule has 0 aromatic heterocycles. The van der Waals surface area contributed by atoms with Crippen molar-refractivity contribution in [2.45, 2.75) is 187 Å². The number of carbonyl (C=O) groups is 2. The average molecular weight is 863 g/mol. The molecule has 346 valence electrons. The van der Waals surface area contributed by atoms with E-state index in [-0.39, 0.29) is 32.0 Å². The Morgan fingerprint density at radius 3 is 1.48 bits per heavy atom. The van der Waals surface area contributed by atoms with Crippen molar-refractivity contribution < 1.29 is 42.1 Å². The molecular weight excluding hydrogens is 774 g/mol. The number of phosphoric acid groups is 1. The van der Waals surface area contributed by atoms with Crippen molar-refractivity contribution in [1.82, 2.24) is 0 Å². The van der Waals surface area contributed by atoms with Crippen LogP contribution in [0.25, 0.3) is 0 Å². The molecule has 0 fully saturated rings. The van der Waals surface area contributed by atoms with Gasteiger partial charge in [0.15, 0.2) is 6.10 Å². The minimum atomic E-state index is -4.40. The number of allylic oxidation sites excluding steroid dienone is 12. The Kier molecular flexibility index (Phi) is 40.0. The summed E-state index contributed by atoms with van der Waals surface area (Å²) in [6, 6.07) is 0. The maximum Gasteiger partial charge on any atom is 0.472 e. The molecule has 0 spiro atoms. The Hall–Kier alpha value is -2.55. The summed E-state index contributed by atoms with van der Waals surface area (Å²) in [5, 5.41) is 0. The van der Waals surface area contributed by atoms with Crippen LogP contribution in [0.5, 0.6) is 0 Å². The van der Waals surface area contributed by atoms with Crippen LogP contribution in [-0.2, 0) is 32.7 Å². The van der Waals surface area contributed by atoms with Gasteiger partial charge in [-0.25, -0.2) is 4.57 Å². The second kappa shape index (κ2) is 41.8. The van der Waals surface area contributed by atoms with Crippen LogP contribution in [0.15, 0.2) is 72.9 Å². The highest BCUT2D eigenvalue weighted by atomic mass is 31.2. The number of nitrogens with zero attached hydrogens (tertiary/aromatic N) is 1. The van der Waals surface area contributed by atoms with Crippen LogP contribution in [0.2, 0.25) is 0 Å². The van der Waals surface area contributed by atoms with Crippen LogP contribution in [-0.4, -0.2) is 74.9 Å². The van der Waals surface area contributed by atoms with E-state index in [0.29, 0.717) is 23.9 Å². The number of hydrogen-bond donors (Lipinski definition) is 1. The number of esters is 2. The molecule has 0 amide bonds. The number of carbonyl (C=O) groups excluding carboxylic acids is 2. The number of rotatable bonds is 42. The van der Waals surface area contributed by atoms with E-state index in [1.54, 1.807) is 0 Å². The van der Waals surface area contributed by atoms with Gasteiger partial charge in [0.05, 0.1) is 27.7 Å². The van der Waals surface area contributed by atoms with Crippen LogP contribution in [0.3, 0.4) is 0 Å². The fourth-order valence-corrected chi connectivity index (χ4v) is 6.79. The zero-order valence-corrected chi connectivity index (χ0v) is 39.8. The lowest BCUT2D eigenvalue weighted by Gasteiger charge is -2.24. The van der Waals surface area contributed by atoms with Crippen molar-refractivity contribution in [2.75, 3.05) is 47.5 Å². The fourth-order valence-electron chi connectivity index (χ4n) is 6.04. The second-order valence-electron chi connectivity index (χ2n) is 16.8. The number of ether oxygens (including phenoxy) is 2. The van der Waals surface area contributed by atoms with Gasteiger partial charge in [0, 0.05) is 12.8 Å². The van der Waals surface area contributed by atoms with Crippen LogP contribution >= 0.6 is 7.82 Å². The number of likely N-dealkylation sites (N-methyl/N-ethyl adjacent to an activating group) is 1. The summed E-state index contributed by atoms with van der Waals surface area (Å²) in [4.78, 5) is 35.4. The minimum Gasteiger partial charge on any atom is -0.462 e. The molecule has 0 radical (unpaired) electrons. The van der Waals surface area contributed by atoms with Gasteiger partial charge in [0.1, 0.15) is 19.8 Å². The molecule has 1 N–H and O–H groups in total. The summed E-state index contributed by atoms with van der Waals surface area (Å²) >= 11 is 0. The van der Waals surface area contributed by atoms with E-state index >= 15 is 0 Å². The van der Waals surface area contributed by atoms with Crippen LogP contribution in [0, 0.1) is 0 Å². The van der Waals surface area contributed by atoms with Gasteiger partial charge in [-0.1, -0.05) is 164 Å². The first-order valence-corrected chi connectivity index (χ1v) is 25.2. The molecule has 0 heterocycles. The zero-order valence-electron chi connectivity index (χ0n) is 38.9. The summed E-state index contributed by atoms with van der Waals surface area (Å²) in [6.07, 6.45) is 52.5. The third-order valence-corrected chi connectivity index (χ3v) is 10.7. The van der Waals surface area contributed by atoms with Crippen molar-refractivity contribution in [1.29, 1.82) is 0 Å². The maximum atomic E-state index is 12.7. The highest BCUT2D eigenvalue weighted by Crippen LogP contribution is 2.43. The fraction of sp³-hybridized carbons (Fsp3) is 0.720. The minimum absolute atomic E-state index is 0.0176. The average Bonchev–Trinajstić information content (AvgIpc) is 3.20. The van der Waals surface area contributed by atoms with E-state index in [1.165, 1.54) is 89.9 Å². The van der Waals surface area contributed by atoms with Gasteiger partial charge in [-0.15, -0.1) is 0 Å². The molecule has 0 bridgehead atoms. The molecule has 0 saturated heterocycles. The van der Waals surface area contributed by atoms with Crippen molar-refractivity contribution in [3.63, 3.8) is 0 Å². The molecule has 0 aliphatic rings. The van der Waals surface area contributed by atoms with Crippen molar-refractivity contribution >= 4 is 19.8 Å².